The maximum atomic E-state index is 6.05. The number of fused-ring (bicyclic) bond motifs is 1. The molecule has 0 aromatic heterocycles. The van der Waals surface area contributed by atoms with E-state index < -0.39 is 0 Å². The van der Waals surface area contributed by atoms with E-state index in [1.165, 1.54) is 52.3 Å². The largest absolute Gasteiger partial charge is 0.494 e. The van der Waals surface area contributed by atoms with Gasteiger partial charge in [0.1, 0.15) is 5.75 Å². The molecule has 0 spiro atoms. The molecule has 3 aromatic carbocycles. The summed E-state index contributed by atoms with van der Waals surface area (Å²) in [6, 6.07) is 19.9. The van der Waals surface area contributed by atoms with Crippen LogP contribution in [0, 0.1) is 11.8 Å². The Labute approximate surface area is 204 Å². The maximum absolute atomic E-state index is 6.05. The quantitative estimate of drug-likeness (QED) is 0.218. The van der Waals surface area contributed by atoms with Gasteiger partial charge in [-0.1, -0.05) is 102 Å². The van der Waals surface area contributed by atoms with Crippen LogP contribution in [0.4, 0.5) is 0 Å². The lowest BCUT2D eigenvalue weighted by molar-refractivity contribution is 0.276. The normalized spacial score (nSPS) is 12.5. The summed E-state index contributed by atoms with van der Waals surface area (Å²) in [6.07, 6.45) is 5.07. The van der Waals surface area contributed by atoms with Crippen molar-refractivity contribution < 1.29 is 4.74 Å². The van der Waals surface area contributed by atoms with Gasteiger partial charge in [-0.25, -0.2) is 0 Å². The van der Waals surface area contributed by atoms with Crippen molar-refractivity contribution in [2.45, 2.75) is 57.1 Å². The van der Waals surface area contributed by atoms with E-state index in [4.69, 9.17) is 4.74 Å². The van der Waals surface area contributed by atoms with Crippen LogP contribution in [0.3, 0.4) is 0 Å². The number of alkyl halides is 2. The van der Waals surface area contributed by atoms with E-state index in [1.54, 1.807) is 0 Å². The first-order valence-electron chi connectivity index (χ1n) is 11.4. The van der Waals surface area contributed by atoms with E-state index >= 15 is 0 Å². The second-order valence-corrected chi connectivity index (χ2v) is 10.2. The van der Waals surface area contributed by atoms with Gasteiger partial charge in [-0.05, 0) is 75.5 Å². The summed E-state index contributed by atoms with van der Waals surface area (Å²) in [5, 5.41) is 4.30. The SMILES string of the molecule is CC(C)CCCC(C)CCOc1ccc(-c2cc(CBr)cc3ccc(CBr)cc23)cc1. The summed E-state index contributed by atoms with van der Waals surface area (Å²) >= 11 is 7.22. The number of ether oxygens (including phenoxy) is 1. The lowest BCUT2D eigenvalue weighted by atomic mass is 9.95. The Morgan fingerprint density at radius 3 is 2.19 bits per heavy atom. The third kappa shape index (κ3) is 7.08. The predicted molar refractivity (Wildman–Crippen MR) is 143 cm³/mol. The fourth-order valence-corrected chi connectivity index (χ4v) is 4.67. The van der Waals surface area contributed by atoms with Crippen LogP contribution in [0.5, 0.6) is 5.75 Å². The van der Waals surface area contributed by atoms with Crippen LogP contribution in [-0.2, 0) is 10.7 Å². The van der Waals surface area contributed by atoms with Crippen molar-refractivity contribution in [3.8, 4) is 16.9 Å². The van der Waals surface area contributed by atoms with Crippen molar-refractivity contribution in [2.75, 3.05) is 6.61 Å². The molecule has 0 aliphatic carbocycles. The lowest BCUT2D eigenvalue weighted by Crippen LogP contribution is -2.04. The zero-order chi connectivity index (χ0) is 22.2. The molecule has 0 bridgehead atoms. The minimum atomic E-state index is 0.722. The van der Waals surface area contributed by atoms with Crippen molar-refractivity contribution in [2.24, 2.45) is 11.8 Å². The first-order valence-corrected chi connectivity index (χ1v) is 13.6. The molecular weight excluding hydrogens is 512 g/mol. The molecule has 0 fully saturated rings. The van der Waals surface area contributed by atoms with Crippen molar-refractivity contribution >= 4 is 42.6 Å². The molecule has 0 saturated heterocycles. The molecule has 0 N–H and O–H groups in total. The van der Waals surface area contributed by atoms with Gasteiger partial charge in [-0.3, -0.25) is 0 Å². The summed E-state index contributed by atoms with van der Waals surface area (Å²) in [5.74, 6) is 2.49. The minimum absolute atomic E-state index is 0.722. The van der Waals surface area contributed by atoms with Crippen LogP contribution in [0.25, 0.3) is 21.9 Å². The third-order valence-electron chi connectivity index (χ3n) is 5.91. The standard InChI is InChI=1S/C28H34Br2O/c1-20(2)5-4-6-21(3)13-14-31-26-11-9-24(10-12-26)27-17-23(19-30)15-25-8-7-22(18-29)16-28(25)27/h7-12,15-17,20-21H,4-6,13-14,18-19H2,1-3H3. The van der Waals surface area contributed by atoms with Crippen LogP contribution >= 0.6 is 31.9 Å². The third-order valence-corrected chi connectivity index (χ3v) is 7.21. The molecule has 166 valence electrons. The number of hydrogen-bond acceptors (Lipinski definition) is 1. The van der Waals surface area contributed by atoms with E-state index in [0.717, 1.165) is 41.3 Å². The molecule has 0 aliphatic heterocycles. The lowest BCUT2D eigenvalue weighted by Gasteiger charge is -2.14. The Kier molecular flexibility index (Phi) is 9.47. The molecule has 0 saturated carbocycles. The zero-order valence-corrected chi connectivity index (χ0v) is 22.1. The first-order chi connectivity index (χ1) is 15.0. The van der Waals surface area contributed by atoms with Gasteiger partial charge in [-0.15, -0.1) is 0 Å². The molecule has 1 nitrogen and oxygen atoms in total. The maximum Gasteiger partial charge on any atom is 0.119 e. The van der Waals surface area contributed by atoms with Gasteiger partial charge in [0.25, 0.3) is 0 Å². The van der Waals surface area contributed by atoms with Gasteiger partial charge in [0.2, 0.25) is 0 Å². The number of halogens is 2. The van der Waals surface area contributed by atoms with Gasteiger partial charge in [0.15, 0.2) is 0 Å². The van der Waals surface area contributed by atoms with Gasteiger partial charge < -0.3 is 4.74 Å². The van der Waals surface area contributed by atoms with Crippen LogP contribution in [0.15, 0.2) is 54.6 Å². The minimum Gasteiger partial charge on any atom is -0.494 e. The second kappa shape index (κ2) is 12.1. The molecule has 3 rings (SSSR count). The Morgan fingerprint density at radius 2 is 1.52 bits per heavy atom. The highest BCUT2D eigenvalue weighted by Gasteiger charge is 2.09. The van der Waals surface area contributed by atoms with Crippen molar-refractivity contribution in [1.82, 2.24) is 0 Å². The summed E-state index contributed by atoms with van der Waals surface area (Å²) in [7, 11) is 0. The summed E-state index contributed by atoms with van der Waals surface area (Å²) in [4.78, 5) is 0. The first kappa shape index (κ1) is 24.3. The predicted octanol–water partition coefficient (Wildman–Crippen LogP) is 9.53. The number of hydrogen-bond donors (Lipinski definition) is 0. The van der Waals surface area contributed by atoms with Crippen molar-refractivity contribution in [3.63, 3.8) is 0 Å². The molecule has 3 heteroatoms. The smallest absolute Gasteiger partial charge is 0.119 e. The topological polar surface area (TPSA) is 9.23 Å². The van der Waals surface area contributed by atoms with Crippen molar-refractivity contribution in [3.05, 3.63) is 65.7 Å². The van der Waals surface area contributed by atoms with E-state index in [9.17, 15) is 0 Å². The molecule has 1 unspecified atom stereocenters. The van der Waals surface area contributed by atoms with Crippen LogP contribution < -0.4 is 4.74 Å². The molecule has 0 aliphatic rings. The van der Waals surface area contributed by atoms with Crippen molar-refractivity contribution in [1.29, 1.82) is 0 Å². The highest BCUT2D eigenvalue weighted by molar-refractivity contribution is 9.08. The molecule has 0 heterocycles. The monoisotopic (exact) mass is 544 g/mol. The fraction of sp³-hybridized carbons (Fsp3) is 0.429. The molecule has 1 atom stereocenters. The summed E-state index contributed by atoms with van der Waals surface area (Å²) in [5.41, 5.74) is 5.10. The van der Waals surface area contributed by atoms with E-state index in [2.05, 4.69) is 107 Å². The highest BCUT2D eigenvalue weighted by atomic mass is 79.9. The summed E-state index contributed by atoms with van der Waals surface area (Å²) < 4.78 is 6.05. The molecular formula is C28H34Br2O. The van der Waals surface area contributed by atoms with E-state index in [-0.39, 0.29) is 0 Å². The zero-order valence-electron chi connectivity index (χ0n) is 19.0. The van der Waals surface area contributed by atoms with Gasteiger partial charge in [0, 0.05) is 10.7 Å². The van der Waals surface area contributed by atoms with Crippen LogP contribution in [0.1, 0.15) is 57.6 Å². The van der Waals surface area contributed by atoms with Gasteiger partial charge in [0.05, 0.1) is 6.61 Å². The van der Waals surface area contributed by atoms with Crippen LogP contribution in [0.2, 0.25) is 0 Å². The second-order valence-electron chi connectivity index (χ2n) is 9.06. The van der Waals surface area contributed by atoms with E-state index in [1.807, 2.05) is 0 Å². The molecule has 0 amide bonds. The number of benzene rings is 3. The number of rotatable bonds is 11. The molecule has 3 aromatic rings. The Hall–Kier alpha value is -1.32. The fourth-order valence-electron chi connectivity index (χ4n) is 3.99. The summed E-state index contributed by atoms with van der Waals surface area (Å²) in [6.45, 7) is 7.74. The average molecular weight is 546 g/mol. The average Bonchev–Trinajstić information content (AvgIpc) is 2.78. The molecule has 31 heavy (non-hydrogen) atoms. The highest BCUT2D eigenvalue weighted by Crippen LogP contribution is 2.33. The Morgan fingerprint density at radius 1 is 0.774 bits per heavy atom. The Balaban J connectivity index is 1.68. The van der Waals surface area contributed by atoms with Crippen LogP contribution in [-0.4, -0.2) is 6.61 Å². The van der Waals surface area contributed by atoms with E-state index in [0.29, 0.717) is 0 Å². The molecule has 0 radical (unpaired) electrons. The van der Waals surface area contributed by atoms with Gasteiger partial charge in [-0.2, -0.15) is 0 Å². The Bertz CT molecular complexity index is 963. The van der Waals surface area contributed by atoms with Gasteiger partial charge >= 0.3 is 0 Å².